The number of nitrogens with one attached hydrogen (secondary N) is 1. The first-order valence-electron chi connectivity index (χ1n) is 9.44. The summed E-state index contributed by atoms with van der Waals surface area (Å²) in [6.07, 6.45) is 1.65. The second kappa shape index (κ2) is 9.67. The van der Waals surface area contributed by atoms with E-state index in [1.165, 1.54) is 31.4 Å². The van der Waals surface area contributed by atoms with Crippen LogP contribution in [0.4, 0.5) is 5.82 Å². The molecule has 1 aliphatic heterocycles. The number of piperazine rings is 1. The van der Waals surface area contributed by atoms with E-state index < -0.39 is 10.0 Å². The Labute approximate surface area is 175 Å². The average Bonchev–Trinajstić information content (AvgIpc) is 2.79. The molecular formula is C20H23N5O4S. The van der Waals surface area contributed by atoms with Gasteiger partial charge in [0.2, 0.25) is 10.0 Å². The Hall–Kier alpha value is -3.00. The van der Waals surface area contributed by atoms with Crippen LogP contribution in [0, 0.1) is 11.3 Å². The second-order valence-electron chi connectivity index (χ2n) is 6.68. The largest absolute Gasteiger partial charge is 0.383 e. The molecule has 1 N–H and O–H groups in total. The van der Waals surface area contributed by atoms with E-state index in [0.717, 1.165) is 0 Å². The molecule has 1 aromatic heterocycles. The van der Waals surface area contributed by atoms with E-state index in [-0.39, 0.29) is 24.0 Å². The van der Waals surface area contributed by atoms with E-state index in [2.05, 4.69) is 15.8 Å². The zero-order valence-electron chi connectivity index (χ0n) is 16.6. The molecule has 0 unspecified atom stereocenters. The van der Waals surface area contributed by atoms with Gasteiger partial charge in [0, 0.05) is 51.6 Å². The number of hydrogen-bond acceptors (Lipinski definition) is 7. The fourth-order valence-corrected chi connectivity index (χ4v) is 4.19. The summed E-state index contributed by atoms with van der Waals surface area (Å²) in [7, 11) is -2.15. The number of aromatic nitrogens is 1. The number of amides is 1. The van der Waals surface area contributed by atoms with Crippen LogP contribution in [0.5, 0.6) is 0 Å². The topological polar surface area (TPSA) is 116 Å². The molecular weight excluding hydrogens is 406 g/mol. The van der Waals surface area contributed by atoms with Crippen LogP contribution in [0.25, 0.3) is 0 Å². The highest BCUT2D eigenvalue weighted by Crippen LogP contribution is 2.19. The second-order valence-corrected chi connectivity index (χ2v) is 8.45. The summed E-state index contributed by atoms with van der Waals surface area (Å²) in [6.45, 7) is 2.54. The molecule has 1 amide bonds. The zero-order chi connectivity index (χ0) is 21.6. The summed E-state index contributed by atoms with van der Waals surface area (Å²) in [6, 6.07) is 11.5. The van der Waals surface area contributed by atoms with E-state index in [0.29, 0.717) is 43.1 Å². The van der Waals surface area contributed by atoms with E-state index in [1.807, 2.05) is 4.90 Å². The fourth-order valence-electron chi connectivity index (χ4n) is 3.18. The minimum Gasteiger partial charge on any atom is -0.383 e. The lowest BCUT2D eigenvalue weighted by Crippen LogP contribution is -2.49. The first kappa shape index (κ1) is 21.7. The third kappa shape index (κ3) is 4.94. The molecule has 9 nitrogen and oxygen atoms in total. The fraction of sp³-hybridized carbons (Fsp3) is 0.350. The maximum absolute atomic E-state index is 12.8. The van der Waals surface area contributed by atoms with Crippen molar-refractivity contribution in [2.45, 2.75) is 4.90 Å². The number of nitrogens with zero attached hydrogens (tertiary/aromatic N) is 4. The number of ether oxygens (including phenoxy) is 1. The van der Waals surface area contributed by atoms with E-state index in [1.54, 1.807) is 23.2 Å². The van der Waals surface area contributed by atoms with Gasteiger partial charge in [0.15, 0.2) is 0 Å². The standard InChI is InChI=1S/C20H23N5O4S/c1-29-14-9-23-30(27,28)18-6-4-16(5-7-18)20(26)25-12-10-24(11-13-25)19-17(15-21)3-2-8-22-19/h2-8,23H,9-14H2,1H3. The van der Waals surface area contributed by atoms with Gasteiger partial charge in [-0.05, 0) is 36.4 Å². The summed E-state index contributed by atoms with van der Waals surface area (Å²) in [4.78, 5) is 20.9. The molecule has 158 valence electrons. The van der Waals surface area contributed by atoms with Gasteiger partial charge in [0.25, 0.3) is 5.91 Å². The lowest BCUT2D eigenvalue weighted by atomic mass is 10.1. The Balaban J connectivity index is 1.62. The smallest absolute Gasteiger partial charge is 0.253 e. The molecule has 1 saturated heterocycles. The van der Waals surface area contributed by atoms with Crippen molar-refractivity contribution in [2.24, 2.45) is 0 Å². The highest BCUT2D eigenvalue weighted by atomic mass is 32.2. The molecule has 2 aromatic rings. The number of nitriles is 1. The molecule has 0 saturated carbocycles. The minimum absolute atomic E-state index is 0.0964. The predicted molar refractivity (Wildman–Crippen MR) is 111 cm³/mol. The lowest BCUT2D eigenvalue weighted by molar-refractivity contribution is 0.0746. The maximum atomic E-state index is 12.8. The van der Waals surface area contributed by atoms with Crippen LogP contribution in [0.3, 0.4) is 0 Å². The van der Waals surface area contributed by atoms with Crippen molar-refractivity contribution >= 4 is 21.7 Å². The highest BCUT2D eigenvalue weighted by molar-refractivity contribution is 7.89. The molecule has 3 rings (SSSR count). The summed E-state index contributed by atoms with van der Waals surface area (Å²) >= 11 is 0. The number of anilines is 1. The molecule has 30 heavy (non-hydrogen) atoms. The monoisotopic (exact) mass is 429 g/mol. The average molecular weight is 430 g/mol. The van der Waals surface area contributed by atoms with Crippen molar-refractivity contribution in [3.05, 3.63) is 53.7 Å². The molecule has 1 aliphatic rings. The van der Waals surface area contributed by atoms with Gasteiger partial charge >= 0.3 is 0 Å². The van der Waals surface area contributed by atoms with Crippen LogP contribution in [0.1, 0.15) is 15.9 Å². The van der Waals surface area contributed by atoms with E-state index >= 15 is 0 Å². The van der Waals surface area contributed by atoms with Crippen LogP contribution < -0.4 is 9.62 Å². The van der Waals surface area contributed by atoms with Gasteiger partial charge in [0.1, 0.15) is 11.9 Å². The number of pyridine rings is 1. The highest BCUT2D eigenvalue weighted by Gasteiger charge is 2.24. The number of hydrogen-bond donors (Lipinski definition) is 1. The van der Waals surface area contributed by atoms with Crippen molar-refractivity contribution in [3.8, 4) is 6.07 Å². The van der Waals surface area contributed by atoms with Gasteiger partial charge in [0.05, 0.1) is 17.1 Å². The molecule has 0 aliphatic carbocycles. The molecule has 2 heterocycles. The molecule has 0 radical (unpaired) electrons. The Bertz CT molecular complexity index is 1030. The van der Waals surface area contributed by atoms with Crippen molar-refractivity contribution in [2.75, 3.05) is 51.3 Å². The van der Waals surface area contributed by atoms with Crippen LogP contribution in [0.2, 0.25) is 0 Å². The van der Waals surface area contributed by atoms with Gasteiger partial charge in [-0.2, -0.15) is 5.26 Å². The number of benzene rings is 1. The third-order valence-corrected chi connectivity index (χ3v) is 6.26. The quantitative estimate of drug-likeness (QED) is 0.649. The lowest BCUT2D eigenvalue weighted by Gasteiger charge is -2.35. The van der Waals surface area contributed by atoms with E-state index in [9.17, 15) is 18.5 Å². The Morgan fingerprint density at radius 2 is 1.90 bits per heavy atom. The number of sulfonamides is 1. The van der Waals surface area contributed by atoms with Gasteiger partial charge in [-0.25, -0.2) is 18.1 Å². The van der Waals surface area contributed by atoms with Crippen molar-refractivity contribution in [1.29, 1.82) is 5.26 Å². The van der Waals surface area contributed by atoms with Gasteiger partial charge < -0.3 is 14.5 Å². The predicted octanol–water partition coefficient (Wildman–Crippen LogP) is 0.840. The summed E-state index contributed by atoms with van der Waals surface area (Å²) in [5, 5.41) is 9.24. The van der Waals surface area contributed by atoms with Crippen LogP contribution in [-0.4, -0.2) is 70.6 Å². The summed E-state index contributed by atoms with van der Waals surface area (Å²) < 4.78 is 31.7. The van der Waals surface area contributed by atoms with Crippen molar-refractivity contribution < 1.29 is 17.9 Å². The zero-order valence-corrected chi connectivity index (χ0v) is 17.4. The molecule has 1 fully saturated rings. The van der Waals surface area contributed by atoms with Crippen molar-refractivity contribution in [1.82, 2.24) is 14.6 Å². The first-order chi connectivity index (χ1) is 14.5. The van der Waals surface area contributed by atoms with Crippen molar-refractivity contribution in [3.63, 3.8) is 0 Å². The number of rotatable bonds is 7. The number of carbonyl (C=O) groups is 1. The van der Waals surface area contributed by atoms with E-state index in [4.69, 9.17) is 4.74 Å². The summed E-state index contributed by atoms with van der Waals surface area (Å²) in [5.74, 6) is 0.468. The third-order valence-electron chi connectivity index (χ3n) is 4.78. The number of methoxy groups -OCH3 is 1. The van der Waals surface area contributed by atoms with Crippen LogP contribution in [-0.2, 0) is 14.8 Å². The van der Waals surface area contributed by atoms with Crippen LogP contribution >= 0.6 is 0 Å². The number of carbonyl (C=O) groups excluding carboxylic acids is 1. The van der Waals surface area contributed by atoms with Gasteiger partial charge in [-0.3, -0.25) is 4.79 Å². The molecule has 0 bridgehead atoms. The summed E-state index contributed by atoms with van der Waals surface area (Å²) in [5.41, 5.74) is 0.933. The maximum Gasteiger partial charge on any atom is 0.253 e. The SMILES string of the molecule is COCCNS(=O)(=O)c1ccc(C(=O)N2CCN(c3ncccc3C#N)CC2)cc1. The first-order valence-corrected chi connectivity index (χ1v) is 10.9. The van der Waals surface area contributed by atoms with Crippen LogP contribution in [0.15, 0.2) is 47.5 Å². The molecule has 10 heteroatoms. The van der Waals surface area contributed by atoms with Gasteiger partial charge in [-0.1, -0.05) is 0 Å². The Morgan fingerprint density at radius 1 is 1.20 bits per heavy atom. The van der Waals surface area contributed by atoms with Gasteiger partial charge in [-0.15, -0.1) is 0 Å². The molecule has 0 atom stereocenters. The minimum atomic E-state index is -3.64. The molecule has 1 aromatic carbocycles. The molecule has 0 spiro atoms. The Morgan fingerprint density at radius 3 is 2.53 bits per heavy atom. The Kier molecular flexibility index (Phi) is 6.99. The normalized spacial score (nSPS) is 14.4.